The van der Waals surface area contributed by atoms with Crippen molar-refractivity contribution in [1.29, 1.82) is 0 Å². The van der Waals surface area contributed by atoms with E-state index in [-0.39, 0.29) is 12.0 Å². The quantitative estimate of drug-likeness (QED) is 0.371. The average molecular weight is 543 g/mol. The van der Waals surface area contributed by atoms with Gasteiger partial charge in [-0.3, -0.25) is 4.79 Å². The molecule has 4 rings (SSSR count). The second-order valence-corrected chi connectivity index (χ2v) is 10.3. The molecule has 196 valence electrons. The molecule has 1 aliphatic rings. The lowest BCUT2D eigenvalue weighted by Gasteiger charge is -2.26. The van der Waals surface area contributed by atoms with Crippen LogP contribution in [-0.4, -0.2) is 51.3 Å². The SMILES string of the molecule is CCOC(=O)N1CCc2c(sc(NCc3ccc(N(C)C)cc3)c2C(=O)Nc2cc(Cl)ccc2OC)C1. The van der Waals surface area contributed by atoms with Crippen molar-refractivity contribution in [2.24, 2.45) is 0 Å². The third kappa shape index (κ3) is 6.11. The summed E-state index contributed by atoms with van der Waals surface area (Å²) in [6, 6.07) is 13.3. The van der Waals surface area contributed by atoms with Gasteiger partial charge in [0, 0.05) is 42.8 Å². The third-order valence-corrected chi connectivity index (χ3v) is 7.54. The normalized spacial score (nSPS) is 12.5. The summed E-state index contributed by atoms with van der Waals surface area (Å²) in [6.45, 7) is 3.54. The topological polar surface area (TPSA) is 83.1 Å². The summed E-state index contributed by atoms with van der Waals surface area (Å²) < 4.78 is 10.6. The molecule has 2 amide bonds. The van der Waals surface area contributed by atoms with E-state index in [1.165, 1.54) is 11.3 Å². The van der Waals surface area contributed by atoms with Crippen molar-refractivity contribution in [2.75, 3.05) is 49.9 Å². The number of nitrogens with one attached hydrogen (secondary N) is 2. The number of halogens is 1. The first-order chi connectivity index (χ1) is 17.8. The van der Waals surface area contributed by atoms with Crippen molar-refractivity contribution in [3.63, 3.8) is 0 Å². The van der Waals surface area contributed by atoms with Crippen LogP contribution in [0, 0.1) is 0 Å². The first kappa shape index (κ1) is 26.6. The number of benzene rings is 2. The van der Waals surface area contributed by atoms with Gasteiger partial charge >= 0.3 is 6.09 Å². The third-order valence-electron chi connectivity index (χ3n) is 6.13. The van der Waals surface area contributed by atoms with Gasteiger partial charge in [-0.25, -0.2) is 4.79 Å². The maximum absolute atomic E-state index is 13.6. The minimum absolute atomic E-state index is 0.256. The lowest BCUT2D eigenvalue weighted by Crippen LogP contribution is -2.36. The molecule has 0 saturated carbocycles. The van der Waals surface area contributed by atoms with E-state index in [1.807, 2.05) is 19.0 Å². The van der Waals surface area contributed by atoms with Gasteiger partial charge in [0.25, 0.3) is 5.91 Å². The molecule has 0 bridgehead atoms. The summed E-state index contributed by atoms with van der Waals surface area (Å²) in [6.07, 6.45) is 0.214. The monoisotopic (exact) mass is 542 g/mol. The van der Waals surface area contributed by atoms with Gasteiger partial charge in [-0.05, 0) is 54.8 Å². The van der Waals surface area contributed by atoms with Crippen LogP contribution < -0.4 is 20.3 Å². The molecular weight excluding hydrogens is 512 g/mol. The van der Waals surface area contributed by atoms with Crippen molar-refractivity contribution in [3.05, 3.63) is 69.1 Å². The summed E-state index contributed by atoms with van der Waals surface area (Å²) in [5.74, 6) is 0.263. The summed E-state index contributed by atoms with van der Waals surface area (Å²) in [7, 11) is 5.55. The van der Waals surface area contributed by atoms with Crippen molar-refractivity contribution in [1.82, 2.24) is 4.90 Å². The number of thiophene rings is 1. The van der Waals surface area contributed by atoms with Crippen LogP contribution in [0.1, 0.15) is 33.3 Å². The van der Waals surface area contributed by atoms with Crippen LogP contribution in [0.15, 0.2) is 42.5 Å². The fourth-order valence-corrected chi connectivity index (χ4v) is 5.62. The first-order valence-corrected chi connectivity index (χ1v) is 13.2. The number of hydrogen-bond donors (Lipinski definition) is 2. The number of rotatable bonds is 8. The van der Waals surface area contributed by atoms with Crippen LogP contribution in [0.25, 0.3) is 0 Å². The van der Waals surface area contributed by atoms with Gasteiger partial charge in [0.15, 0.2) is 0 Å². The first-order valence-electron chi connectivity index (χ1n) is 12.0. The fraction of sp³-hybridized carbons (Fsp3) is 0.333. The van der Waals surface area contributed by atoms with E-state index in [2.05, 4.69) is 34.9 Å². The van der Waals surface area contributed by atoms with Crippen LogP contribution in [-0.2, 0) is 24.2 Å². The highest BCUT2D eigenvalue weighted by Crippen LogP contribution is 2.39. The summed E-state index contributed by atoms with van der Waals surface area (Å²) in [5.41, 5.74) is 4.22. The molecule has 0 atom stereocenters. The predicted molar refractivity (Wildman–Crippen MR) is 150 cm³/mol. The van der Waals surface area contributed by atoms with Gasteiger partial charge in [0.2, 0.25) is 0 Å². The zero-order valence-corrected chi connectivity index (χ0v) is 23.0. The minimum atomic E-state index is -0.341. The molecule has 2 aromatic carbocycles. The zero-order valence-electron chi connectivity index (χ0n) is 21.4. The van der Waals surface area contributed by atoms with Gasteiger partial charge in [0.05, 0.1) is 31.5 Å². The highest BCUT2D eigenvalue weighted by atomic mass is 35.5. The molecule has 0 aliphatic carbocycles. The van der Waals surface area contributed by atoms with Gasteiger partial charge < -0.3 is 29.9 Å². The number of methoxy groups -OCH3 is 1. The zero-order chi connectivity index (χ0) is 26.5. The summed E-state index contributed by atoms with van der Waals surface area (Å²) in [4.78, 5) is 30.7. The van der Waals surface area contributed by atoms with E-state index in [0.29, 0.717) is 54.7 Å². The molecule has 0 radical (unpaired) electrons. The highest BCUT2D eigenvalue weighted by Gasteiger charge is 2.30. The second-order valence-electron chi connectivity index (χ2n) is 8.79. The van der Waals surface area contributed by atoms with Crippen molar-refractivity contribution in [3.8, 4) is 5.75 Å². The second kappa shape index (κ2) is 11.7. The van der Waals surface area contributed by atoms with Crippen LogP contribution in [0.2, 0.25) is 5.02 Å². The Labute approximate surface area is 226 Å². The van der Waals surface area contributed by atoms with Gasteiger partial charge in [-0.2, -0.15) is 0 Å². The van der Waals surface area contributed by atoms with E-state index < -0.39 is 0 Å². The Balaban J connectivity index is 1.63. The Bertz CT molecular complexity index is 1280. The molecule has 0 saturated heterocycles. The number of fused-ring (bicyclic) bond motifs is 1. The van der Waals surface area contributed by atoms with Gasteiger partial charge in [-0.1, -0.05) is 23.7 Å². The number of amides is 2. The molecule has 0 unspecified atom stereocenters. The Hall–Kier alpha value is -3.43. The number of anilines is 3. The molecular formula is C27H31ClN4O4S. The van der Waals surface area contributed by atoms with E-state index in [1.54, 1.807) is 37.1 Å². The molecule has 3 aromatic rings. The average Bonchev–Trinajstić information content (AvgIpc) is 3.25. The smallest absolute Gasteiger partial charge is 0.410 e. The highest BCUT2D eigenvalue weighted by molar-refractivity contribution is 7.16. The summed E-state index contributed by atoms with van der Waals surface area (Å²) in [5, 5.41) is 7.69. The van der Waals surface area contributed by atoms with Crippen LogP contribution in [0.4, 0.5) is 21.2 Å². The molecule has 0 spiro atoms. The molecule has 1 aromatic heterocycles. The van der Waals surface area contributed by atoms with Gasteiger partial charge in [-0.15, -0.1) is 11.3 Å². The van der Waals surface area contributed by atoms with E-state index in [9.17, 15) is 9.59 Å². The maximum atomic E-state index is 13.6. The largest absolute Gasteiger partial charge is 0.495 e. The minimum Gasteiger partial charge on any atom is -0.495 e. The van der Waals surface area contributed by atoms with E-state index in [4.69, 9.17) is 21.1 Å². The van der Waals surface area contributed by atoms with Crippen LogP contribution in [0.5, 0.6) is 5.75 Å². The van der Waals surface area contributed by atoms with Crippen molar-refractivity contribution in [2.45, 2.75) is 26.4 Å². The van der Waals surface area contributed by atoms with Crippen LogP contribution in [0.3, 0.4) is 0 Å². The molecule has 1 aliphatic heterocycles. The lowest BCUT2D eigenvalue weighted by atomic mass is 10.0. The van der Waals surface area contributed by atoms with Crippen molar-refractivity contribution < 1.29 is 19.1 Å². The lowest BCUT2D eigenvalue weighted by molar-refractivity contribution is 0.102. The Morgan fingerprint density at radius 1 is 1.16 bits per heavy atom. The van der Waals surface area contributed by atoms with Crippen molar-refractivity contribution >= 4 is 51.3 Å². The maximum Gasteiger partial charge on any atom is 0.410 e. The molecule has 10 heteroatoms. The Kier molecular flexibility index (Phi) is 8.45. The molecule has 2 heterocycles. The van der Waals surface area contributed by atoms with Gasteiger partial charge in [0.1, 0.15) is 10.8 Å². The number of hydrogen-bond acceptors (Lipinski definition) is 7. The van der Waals surface area contributed by atoms with Crippen LogP contribution >= 0.6 is 22.9 Å². The fourth-order valence-electron chi connectivity index (χ4n) is 4.20. The predicted octanol–water partition coefficient (Wildman–Crippen LogP) is 5.86. The van der Waals surface area contributed by atoms with E-state index >= 15 is 0 Å². The molecule has 0 fully saturated rings. The Morgan fingerprint density at radius 2 is 1.92 bits per heavy atom. The molecule has 37 heavy (non-hydrogen) atoms. The summed E-state index contributed by atoms with van der Waals surface area (Å²) >= 11 is 7.67. The molecule has 2 N–H and O–H groups in total. The molecule has 8 nitrogen and oxygen atoms in total. The number of carbonyl (C=O) groups is 2. The van der Waals surface area contributed by atoms with E-state index in [0.717, 1.165) is 26.7 Å². The standard InChI is InChI=1S/C27H31ClN4O4S/c1-5-36-27(34)32-13-12-20-23(16-32)37-26(29-15-17-6-9-19(10-7-17)31(2)3)24(20)25(33)30-21-14-18(28)8-11-22(21)35-4/h6-11,14,29H,5,12-13,15-16H2,1-4H3,(H,30,33). The number of nitrogens with zero attached hydrogens (tertiary/aromatic N) is 2. The number of ether oxygens (including phenoxy) is 2. The number of carbonyl (C=O) groups excluding carboxylic acids is 2. The Morgan fingerprint density at radius 3 is 2.59 bits per heavy atom.